The summed E-state index contributed by atoms with van der Waals surface area (Å²) in [6.07, 6.45) is 1.49. The Morgan fingerprint density at radius 1 is 0.689 bits per heavy atom. The average Bonchev–Trinajstić information content (AvgIpc) is 3.92. The summed E-state index contributed by atoms with van der Waals surface area (Å²) in [6, 6.07) is 30.2. The van der Waals surface area contributed by atoms with Crippen molar-refractivity contribution in [1.29, 1.82) is 0 Å². The zero-order valence-electron chi connectivity index (χ0n) is 23.1. The Hall–Kier alpha value is -5.78. The molecule has 45 heavy (non-hydrogen) atoms. The fourth-order valence-corrected chi connectivity index (χ4v) is 8.01. The van der Waals surface area contributed by atoms with Crippen LogP contribution in [-0.2, 0) is 0 Å². The zero-order valence-corrected chi connectivity index (χ0v) is 24.7. The van der Waals surface area contributed by atoms with E-state index in [1.54, 1.807) is 11.3 Å². The fourth-order valence-electron chi connectivity index (χ4n) is 6.21. The van der Waals surface area contributed by atoms with Gasteiger partial charge in [0.15, 0.2) is 17.6 Å². The number of hydrogen-bond acceptors (Lipinski definition) is 10. The van der Waals surface area contributed by atoms with Crippen LogP contribution in [0.15, 0.2) is 106 Å². The van der Waals surface area contributed by atoms with Gasteiger partial charge in [0.25, 0.3) is 0 Å². The molecule has 212 valence electrons. The number of oxazole rings is 1. The number of fused-ring (bicyclic) bond motifs is 5. The van der Waals surface area contributed by atoms with E-state index in [-0.39, 0.29) is 0 Å². The van der Waals surface area contributed by atoms with Gasteiger partial charge in [0.2, 0.25) is 0 Å². The Balaban J connectivity index is 1.48. The number of nitrogens with zero attached hydrogens (tertiary/aromatic N) is 6. The second kappa shape index (κ2) is 9.36. The van der Waals surface area contributed by atoms with Crippen molar-refractivity contribution >= 4 is 76.3 Å². The van der Waals surface area contributed by atoms with Gasteiger partial charge < -0.3 is 8.94 Å². The lowest BCUT2D eigenvalue weighted by Gasteiger charge is -2.18. The third-order valence-corrected chi connectivity index (χ3v) is 10.0. The molecule has 5 heterocycles. The second-order valence-corrected chi connectivity index (χ2v) is 12.4. The van der Waals surface area contributed by atoms with Crippen LogP contribution in [0.5, 0.6) is 0 Å². The van der Waals surface area contributed by atoms with Crippen LogP contribution >= 0.6 is 22.9 Å². The highest BCUT2D eigenvalue weighted by atomic mass is 32.1. The van der Waals surface area contributed by atoms with Crippen LogP contribution in [0, 0.1) is 0 Å². The minimum Gasteiger partial charge on any atom is -0.443 e. The van der Waals surface area contributed by atoms with E-state index in [2.05, 4.69) is 39.7 Å². The van der Waals surface area contributed by atoms with E-state index in [1.165, 1.54) is 17.9 Å². The summed E-state index contributed by atoms with van der Waals surface area (Å²) >= 11 is 3.05. The van der Waals surface area contributed by atoms with Crippen LogP contribution in [0.4, 0.5) is 0 Å². The molecule has 1 N–H and O–H groups in total. The van der Waals surface area contributed by atoms with Gasteiger partial charge in [-0.05, 0) is 47.9 Å². The lowest BCUT2D eigenvalue weighted by atomic mass is 9.85. The lowest BCUT2D eigenvalue weighted by Crippen LogP contribution is -1.98. The highest BCUT2D eigenvalue weighted by molar-refractivity contribution is 7.21. The first-order chi connectivity index (χ1) is 22.3. The predicted octanol–water partition coefficient (Wildman–Crippen LogP) is 9.13. The van der Waals surface area contributed by atoms with E-state index < -0.39 is 0 Å². The second-order valence-electron chi connectivity index (χ2n) is 10.6. The van der Waals surface area contributed by atoms with Gasteiger partial charge in [-0.3, -0.25) is 5.10 Å². The molecular formula is C34H17N7O2S2. The van der Waals surface area contributed by atoms with Crippen LogP contribution in [-0.4, -0.2) is 34.9 Å². The van der Waals surface area contributed by atoms with Crippen LogP contribution in [0.25, 0.3) is 97.6 Å². The Morgan fingerprint density at radius 2 is 1.53 bits per heavy atom. The van der Waals surface area contributed by atoms with Gasteiger partial charge >= 0.3 is 0 Å². The van der Waals surface area contributed by atoms with Crippen LogP contribution in [0.2, 0.25) is 0 Å². The third-order valence-electron chi connectivity index (χ3n) is 8.14. The molecule has 10 rings (SSSR count). The number of H-pyrrole nitrogens is 1. The summed E-state index contributed by atoms with van der Waals surface area (Å²) in [5.41, 5.74) is 9.90. The molecule has 11 heteroatoms. The van der Waals surface area contributed by atoms with Gasteiger partial charge in [0, 0.05) is 33.0 Å². The van der Waals surface area contributed by atoms with Crippen molar-refractivity contribution in [2.75, 3.05) is 0 Å². The van der Waals surface area contributed by atoms with Gasteiger partial charge in [0.1, 0.15) is 21.7 Å². The molecule has 0 aliphatic heterocycles. The normalized spacial score (nSPS) is 12.0. The lowest BCUT2D eigenvalue weighted by molar-refractivity contribution is 0.459. The molecule has 0 unspecified atom stereocenters. The van der Waals surface area contributed by atoms with Gasteiger partial charge in [-0.2, -0.15) is 4.37 Å². The Labute approximate surface area is 260 Å². The quantitative estimate of drug-likeness (QED) is 0.207. The van der Waals surface area contributed by atoms with Gasteiger partial charge in [-0.15, -0.1) is 16.4 Å². The molecule has 9 nitrogen and oxygen atoms in total. The highest BCUT2D eigenvalue weighted by Crippen LogP contribution is 2.53. The van der Waals surface area contributed by atoms with E-state index in [4.69, 9.17) is 28.4 Å². The van der Waals surface area contributed by atoms with Crippen molar-refractivity contribution < 1.29 is 8.94 Å². The first-order valence-electron chi connectivity index (χ1n) is 14.1. The average molecular weight is 620 g/mol. The van der Waals surface area contributed by atoms with Gasteiger partial charge in [-0.25, -0.2) is 9.97 Å². The Kier molecular flexibility index (Phi) is 5.12. The molecule has 0 radical (unpaired) electrons. The van der Waals surface area contributed by atoms with Gasteiger partial charge in [-0.1, -0.05) is 65.0 Å². The molecule has 0 amide bonds. The third kappa shape index (κ3) is 3.53. The fraction of sp³-hybridized carbons (Fsp3) is 0. The molecule has 0 aliphatic carbocycles. The first kappa shape index (κ1) is 24.6. The maximum absolute atomic E-state index is 6.31. The van der Waals surface area contributed by atoms with Crippen LogP contribution in [0.1, 0.15) is 0 Å². The molecule has 0 spiro atoms. The van der Waals surface area contributed by atoms with Crippen LogP contribution < -0.4 is 0 Å². The summed E-state index contributed by atoms with van der Waals surface area (Å²) in [5, 5.41) is 19.1. The van der Waals surface area contributed by atoms with E-state index in [9.17, 15) is 0 Å². The molecule has 0 atom stereocenters. The molecular weight excluding hydrogens is 603 g/mol. The number of thiazole rings is 1. The van der Waals surface area contributed by atoms with Gasteiger partial charge in [0.05, 0.1) is 31.7 Å². The largest absolute Gasteiger partial charge is 0.443 e. The van der Waals surface area contributed by atoms with Crippen molar-refractivity contribution in [1.82, 2.24) is 34.9 Å². The first-order valence-corrected chi connectivity index (χ1v) is 15.7. The van der Waals surface area contributed by atoms with Crippen molar-refractivity contribution in [3.05, 3.63) is 97.4 Å². The van der Waals surface area contributed by atoms with Crippen molar-refractivity contribution in [2.24, 2.45) is 0 Å². The molecule has 0 bridgehead atoms. The maximum atomic E-state index is 6.31. The standard InChI is InChI=1S/C34H17N7O2S2/c1-4-13-22-17(8-1)30(39-43-22)26-25(19-10-7-12-21-29(19)38-41-37-21)28(34-36-20-11-3-6-15-24(20)44-34)32-33(42-16-35-32)27(26)31-18-9-2-5-14-23(18)45-40-31/h1-16H,(H,37,38,41). The molecule has 5 aromatic carbocycles. The van der Waals surface area contributed by atoms with E-state index in [1.807, 2.05) is 66.7 Å². The molecule has 0 saturated carbocycles. The number of nitrogens with one attached hydrogen (secondary N) is 1. The SMILES string of the molecule is c1ccc2sc(-c3c(-c4cccc5[nH]nnc45)c(-c4noc5ccccc45)c(-c4nsc5ccccc45)c4ocnc34)nc2c1. The summed E-state index contributed by atoms with van der Waals surface area (Å²) in [7, 11) is 0. The van der Waals surface area contributed by atoms with E-state index in [0.717, 1.165) is 69.7 Å². The summed E-state index contributed by atoms with van der Waals surface area (Å²) in [6.45, 7) is 0. The molecule has 0 aliphatic rings. The predicted molar refractivity (Wildman–Crippen MR) is 177 cm³/mol. The highest BCUT2D eigenvalue weighted by Gasteiger charge is 2.33. The smallest absolute Gasteiger partial charge is 0.182 e. The number of aromatic nitrogens is 7. The van der Waals surface area contributed by atoms with E-state index in [0.29, 0.717) is 27.9 Å². The van der Waals surface area contributed by atoms with Crippen molar-refractivity contribution in [2.45, 2.75) is 0 Å². The number of rotatable bonds is 4. The summed E-state index contributed by atoms with van der Waals surface area (Å²) in [5.74, 6) is 0. The number of para-hydroxylation sites is 2. The molecule has 5 aromatic heterocycles. The van der Waals surface area contributed by atoms with Crippen molar-refractivity contribution in [3.63, 3.8) is 0 Å². The zero-order chi connectivity index (χ0) is 29.5. The van der Waals surface area contributed by atoms with E-state index >= 15 is 0 Å². The number of aromatic amines is 1. The summed E-state index contributed by atoms with van der Waals surface area (Å²) in [4.78, 5) is 9.97. The number of hydrogen-bond donors (Lipinski definition) is 1. The summed E-state index contributed by atoms with van der Waals surface area (Å²) < 4.78 is 19.4. The maximum Gasteiger partial charge on any atom is 0.182 e. The topological polar surface area (TPSA) is 119 Å². The Morgan fingerprint density at radius 3 is 2.47 bits per heavy atom. The molecule has 0 saturated heterocycles. The minimum absolute atomic E-state index is 0.596. The molecule has 10 aromatic rings. The number of benzene rings is 5. The van der Waals surface area contributed by atoms with Crippen LogP contribution in [0.3, 0.4) is 0 Å². The minimum atomic E-state index is 0.596. The Bertz CT molecular complexity index is 2720. The van der Waals surface area contributed by atoms with Crippen molar-refractivity contribution in [3.8, 4) is 44.2 Å². The molecule has 0 fully saturated rings. The monoisotopic (exact) mass is 619 g/mol.